The van der Waals surface area contributed by atoms with Crippen LogP contribution in [0.25, 0.3) is 22.1 Å². The van der Waals surface area contributed by atoms with Gasteiger partial charge >= 0.3 is 0 Å². The molecule has 1 aliphatic rings. The van der Waals surface area contributed by atoms with Crippen LogP contribution in [0.4, 0.5) is 0 Å². The SMILES string of the molecule is c1cc2c(ncc3ncn(CC4CCNC4)c32)[nH]1. The molecule has 0 amide bonds. The number of imidazole rings is 1. The van der Waals surface area contributed by atoms with E-state index in [1.54, 1.807) is 0 Å². The molecule has 1 saturated heterocycles. The van der Waals surface area contributed by atoms with Gasteiger partial charge in [0.1, 0.15) is 11.2 Å². The molecule has 0 aromatic carbocycles. The first-order chi connectivity index (χ1) is 8.92. The van der Waals surface area contributed by atoms with Crippen LogP contribution < -0.4 is 5.32 Å². The summed E-state index contributed by atoms with van der Waals surface area (Å²) in [5, 5.41) is 4.58. The van der Waals surface area contributed by atoms with E-state index in [-0.39, 0.29) is 0 Å². The van der Waals surface area contributed by atoms with Crippen molar-refractivity contribution in [2.75, 3.05) is 13.1 Å². The predicted molar refractivity (Wildman–Crippen MR) is 70.4 cm³/mol. The average molecular weight is 241 g/mol. The van der Waals surface area contributed by atoms with Crippen molar-refractivity contribution in [1.29, 1.82) is 0 Å². The summed E-state index contributed by atoms with van der Waals surface area (Å²) in [5.74, 6) is 0.713. The number of rotatable bonds is 2. The maximum atomic E-state index is 4.46. The second-order valence-electron chi connectivity index (χ2n) is 4.99. The van der Waals surface area contributed by atoms with Crippen molar-refractivity contribution in [3.8, 4) is 0 Å². The van der Waals surface area contributed by atoms with Crippen LogP contribution >= 0.6 is 0 Å². The second-order valence-corrected chi connectivity index (χ2v) is 4.99. The fourth-order valence-electron chi connectivity index (χ4n) is 2.86. The fraction of sp³-hybridized carbons (Fsp3) is 0.385. The molecule has 1 atom stereocenters. The van der Waals surface area contributed by atoms with E-state index in [2.05, 4.69) is 30.9 Å². The van der Waals surface area contributed by atoms with E-state index in [9.17, 15) is 0 Å². The third-order valence-corrected chi connectivity index (χ3v) is 3.78. The van der Waals surface area contributed by atoms with Gasteiger partial charge in [0.05, 0.1) is 18.0 Å². The molecule has 0 saturated carbocycles. The molecule has 4 rings (SSSR count). The molecule has 0 aliphatic carbocycles. The van der Waals surface area contributed by atoms with Crippen LogP contribution in [0.1, 0.15) is 6.42 Å². The molecular formula is C13H15N5. The lowest BCUT2D eigenvalue weighted by Crippen LogP contribution is -2.14. The quantitative estimate of drug-likeness (QED) is 0.715. The molecule has 3 aromatic rings. The number of pyridine rings is 1. The molecule has 0 spiro atoms. The maximum Gasteiger partial charge on any atom is 0.139 e. The van der Waals surface area contributed by atoms with Crippen LogP contribution in [0.3, 0.4) is 0 Å². The van der Waals surface area contributed by atoms with Gasteiger partial charge in [0, 0.05) is 18.1 Å². The van der Waals surface area contributed by atoms with E-state index in [4.69, 9.17) is 0 Å². The highest BCUT2D eigenvalue weighted by atomic mass is 15.1. The van der Waals surface area contributed by atoms with Gasteiger partial charge in [0.15, 0.2) is 0 Å². The normalized spacial score (nSPS) is 20.1. The number of aromatic nitrogens is 4. The van der Waals surface area contributed by atoms with E-state index >= 15 is 0 Å². The summed E-state index contributed by atoms with van der Waals surface area (Å²) < 4.78 is 2.27. The average Bonchev–Trinajstić information content (AvgIpc) is 3.08. The molecule has 5 heteroatoms. The lowest BCUT2D eigenvalue weighted by molar-refractivity contribution is 0.490. The van der Waals surface area contributed by atoms with Crippen LogP contribution in [0, 0.1) is 5.92 Å². The van der Waals surface area contributed by atoms with Crippen LogP contribution in [-0.2, 0) is 6.54 Å². The molecule has 3 aromatic heterocycles. The van der Waals surface area contributed by atoms with Crippen molar-refractivity contribution in [1.82, 2.24) is 24.8 Å². The molecule has 1 aliphatic heterocycles. The predicted octanol–water partition coefficient (Wildman–Crippen LogP) is 1.52. The monoisotopic (exact) mass is 241 g/mol. The van der Waals surface area contributed by atoms with Gasteiger partial charge < -0.3 is 14.9 Å². The van der Waals surface area contributed by atoms with E-state index in [0.29, 0.717) is 5.92 Å². The standard InChI is InChI=1S/C13H15N5/c1-3-14-5-9(1)7-18-8-17-11-6-16-13-10(12(11)18)2-4-15-13/h2,4,6,8-9,14H,1,3,5,7H2,(H,15,16). The van der Waals surface area contributed by atoms with Crippen molar-refractivity contribution >= 4 is 22.1 Å². The van der Waals surface area contributed by atoms with Crippen LogP contribution in [-0.4, -0.2) is 32.6 Å². The van der Waals surface area contributed by atoms with Crippen molar-refractivity contribution in [3.63, 3.8) is 0 Å². The van der Waals surface area contributed by atoms with E-state index < -0.39 is 0 Å². The topological polar surface area (TPSA) is 58.5 Å². The Balaban J connectivity index is 1.86. The molecule has 2 N–H and O–H groups in total. The van der Waals surface area contributed by atoms with Crippen LogP contribution in [0.15, 0.2) is 24.8 Å². The Bertz CT molecular complexity index is 690. The van der Waals surface area contributed by atoms with Crippen molar-refractivity contribution in [2.45, 2.75) is 13.0 Å². The molecule has 1 unspecified atom stereocenters. The van der Waals surface area contributed by atoms with Gasteiger partial charge in [-0.15, -0.1) is 0 Å². The smallest absolute Gasteiger partial charge is 0.139 e. The lowest BCUT2D eigenvalue weighted by atomic mass is 10.1. The van der Waals surface area contributed by atoms with Gasteiger partial charge in [-0.1, -0.05) is 0 Å². The fourth-order valence-corrected chi connectivity index (χ4v) is 2.86. The molecule has 4 heterocycles. The molecule has 18 heavy (non-hydrogen) atoms. The number of nitrogens with zero attached hydrogens (tertiary/aromatic N) is 3. The first-order valence-corrected chi connectivity index (χ1v) is 6.39. The highest BCUT2D eigenvalue weighted by Crippen LogP contribution is 2.23. The first-order valence-electron chi connectivity index (χ1n) is 6.39. The van der Waals surface area contributed by atoms with Crippen molar-refractivity contribution < 1.29 is 0 Å². The largest absolute Gasteiger partial charge is 0.346 e. The van der Waals surface area contributed by atoms with Gasteiger partial charge in [-0.05, 0) is 31.5 Å². The first kappa shape index (κ1) is 10.1. The van der Waals surface area contributed by atoms with Crippen molar-refractivity contribution in [2.24, 2.45) is 5.92 Å². The summed E-state index contributed by atoms with van der Waals surface area (Å²) >= 11 is 0. The Hall–Kier alpha value is -1.88. The molecule has 1 fully saturated rings. The number of H-pyrrole nitrogens is 1. The molecule has 0 bridgehead atoms. The highest BCUT2D eigenvalue weighted by Gasteiger charge is 2.17. The number of aromatic amines is 1. The van der Waals surface area contributed by atoms with E-state index in [1.165, 1.54) is 11.9 Å². The minimum Gasteiger partial charge on any atom is -0.346 e. The number of nitrogens with one attached hydrogen (secondary N) is 2. The van der Waals surface area contributed by atoms with Crippen LogP contribution in [0.2, 0.25) is 0 Å². The van der Waals surface area contributed by atoms with E-state index in [1.807, 2.05) is 18.7 Å². The van der Waals surface area contributed by atoms with E-state index in [0.717, 1.165) is 36.2 Å². The third-order valence-electron chi connectivity index (χ3n) is 3.78. The summed E-state index contributed by atoms with van der Waals surface area (Å²) in [6.45, 7) is 3.28. The Morgan fingerprint density at radius 3 is 3.28 bits per heavy atom. The molecule has 92 valence electrons. The molecular weight excluding hydrogens is 226 g/mol. The Morgan fingerprint density at radius 1 is 1.39 bits per heavy atom. The summed E-state index contributed by atoms with van der Waals surface area (Å²) in [7, 11) is 0. The minimum absolute atomic E-state index is 0.713. The van der Waals surface area contributed by atoms with Crippen LogP contribution in [0.5, 0.6) is 0 Å². The summed E-state index contributed by atoms with van der Waals surface area (Å²) in [6.07, 6.45) is 6.97. The Kier molecular flexibility index (Phi) is 2.14. The number of hydrogen-bond acceptors (Lipinski definition) is 3. The summed E-state index contributed by atoms with van der Waals surface area (Å²) in [4.78, 5) is 12.0. The zero-order chi connectivity index (χ0) is 11.9. The third kappa shape index (κ3) is 1.44. The Labute approximate surface area is 104 Å². The van der Waals surface area contributed by atoms with Gasteiger partial charge in [-0.25, -0.2) is 9.97 Å². The zero-order valence-electron chi connectivity index (χ0n) is 10.1. The summed E-state index contributed by atoms with van der Waals surface area (Å²) in [6, 6.07) is 2.08. The molecule has 0 radical (unpaired) electrons. The van der Waals surface area contributed by atoms with Gasteiger partial charge in [-0.3, -0.25) is 0 Å². The lowest BCUT2D eigenvalue weighted by Gasteiger charge is -2.10. The summed E-state index contributed by atoms with van der Waals surface area (Å²) in [5.41, 5.74) is 3.12. The second kappa shape index (κ2) is 3.81. The number of hydrogen-bond donors (Lipinski definition) is 2. The zero-order valence-corrected chi connectivity index (χ0v) is 10.1. The molecule has 5 nitrogen and oxygen atoms in total. The van der Waals surface area contributed by atoms with Crippen molar-refractivity contribution in [3.05, 3.63) is 24.8 Å². The Morgan fingerprint density at radius 2 is 2.39 bits per heavy atom. The van der Waals surface area contributed by atoms with Gasteiger partial charge in [0.25, 0.3) is 0 Å². The number of fused-ring (bicyclic) bond motifs is 3. The highest BCUT2D eigenvalue weighted by molar-refractivity contribution is 6.00. The minimum atomic E-state index is 0.713. The maximum absolute atomic E-state index is 4.46. The van der Waals surface area contributed by atoms with Gasteiger partial charge in [-0.2, -0.15) is 0 Å². The van der Waals surface area contributed by atoms with Gasteiger partial charge in [0.2, 0.25) is 0 Å².